The molecule has 0 aliphatic carbocycles. The van der Waals surface area contributed by atoms with E-state index >= 15 is 0 Å². The van der Waals surface area contributed by atoms with Crippen molar-refractivity contribution in [2.45, 2.75) is 39.2 Å². The molecule has 1 aliphatic heterocycles. The molecular formula is C11H22N2O. The van der Waals surface area contributed by atoms with Gasteiger partial charge in [-0.15, -0.1) is 0 Å². The maximum Gasteiger partial charge on any atom is 0.222 e. The van der Waals surface area contributed by atoms with Crippen molar-refractivity contribution < 1.29 is 4.79 Å². The van der Waals surface area contributed by atoms with E-state index in [0.717, 1.165) is 32.5 Å². The third-order valence-corrected chi connectivity index (χ3v) is 3.00. The van der Waals surface area contributed by atoms with Gasteiger partial charge in [-0.05, 0) is 26.4 Å². The van der Waals surface area contributed by atoms with Crippen molar-refractivity contribution in [1.82, 2.24) is 9.80 Å². The highest BCUT2D eigenvalue weighted by Gasteiger charge is 2.24. The van der Waals surface area contributed by atoms with Gasteiger partial charge in [0.2, 0.25) is 5.91 Å². The number of carbonyl (C=O) groups is 1. The fourth-order valence-corrected chi connectivity index (χ4v) is 2.12. The topological polar surface area (TPSA) is 23.6 Å². The lowest BCUT2D eigenvalue weighted by atomic mass is 10.1. The van der Waals surface area contributed by atoms with Crippen LogP contribution in [-0.4, -0.2) is 48.4 Å². The highest BCUT2D eigenvalue weighted by atomic mass is 16.2. The van der Waals surface area contributed by atoms with Gasteiger partial charge in [0, 0.05) is 25.6 Å². The van der Waals surface area contributed by atoms with Gasteiger partial charge in [0.15, 0.2) is 0 Å². The van der Waals surface area contributed by atoms with E-state index in [0.29, 0.717) is 18.4 Å². The van der Waals surface area contributed by atoms with Gasteiger partial charge in [-0.3, -0.25) is 4.79 Å². The SMILES string of the molecule is CCC(=O)N1CCCN(C)CC1CC. The zero-order chi connectivity index (χ0) is 10.6. The number of hydrogen-bond donors (Lipinski definition) is 0. The quantitative estimate of drug-likeness (QED) is 0.668. The first-order valence-electron chi connectivity index (χ1n) is 5.67. The molecule has 0 bridgehead atoms. The van der Waals surface area contributed by atoms with Gasteiger partial charge in [0.25, 0.3) is 0 Å². The van der Waals surface area contributed by atoms with Crippen molar-refractivity contribution in [1.29, 1.82) is 0 Å². The predicted octanol–water partition coefficient (Wildman–Crippen LogP) is 1.34. The molecule has 1 unspecified atom stereocenters. The second-order valence-electron chi connectivity index (χ2n) is 4.12. The standard InChI is InChI=1S/C11H22N2O/c1-4-10-9-12(3)7-6-8-13(10)11(14)5-2/h10H,4-9H2,1-3H3. The van der Waals surface area contributed by atoms with Crippen molar-refractivity contribution in [2.75, 3.05) is 26.7 Å². The Morgan fingerprint density at radius 1 is 1.36 bits per heavy atom. The molecule has 1 fully saturated rings. The summed E-state index contributed by atoms with van der Waals surface area (Å²) in [4.78, 5) is 16.1. The van der Waals surface area contributed by atoms with Crippen molar-refractivity contribution in [2.24, 2.45) is 0 Å². The summed E-state index contributed by atoms with van der Waals surface area (Å²) in [7, 11) is 2.14. The van der Waals surface area contributed by atoms with E-state index in [-0.39, 0.29) is 0 Å². The molecule has 0 radical (unpaired) electrons. The van der Waals surface area contributed by atoms with Crippen LogP contribution in [-0.2, 0) is 4.79 Å². The second-order valence-corrected chi connectivity index (χ2v) is 4.12. The van der Waals surface area contributed by atoms with Crippen molar-refractivity contribution >= 4 is 5.91 Å². The molecule has 0 aromatic carbocycles. The lowest BCUT2D eigenvalue weighted by Gasteiger charge is -2.30. The van der Waals surface area contributed by atoms with Crippen LogP contribution in [0.4, 0.5) is 0 Å². The number of likely N-dealkylation sites (N-methyl/N-ethyl adjacent to an activating group) is 1. The molecular weight excluding hydrogens is 176 g/mol. The highest BCUT2D eigenvalue weighted by molar-refractivity contribution is 5.76. The fourth-order valence-electron chi connectivity index (χ4n) is 2.12. The molecule has 0 aromatic rings. The minimum atomic E-state index is 0.312. The van der Waals surface area contributed by atoms with Crippen LogP contribution >= 0.6 is 0 Å². The molecule has 1 amide bonds. The summed E-state index contributed by atoms with van der Waals surface area (Å²) in [6.45, 7) is 7.20. The number of rotatable bonds is 2. The second kappa shape index (κ2) is 5.35. The lowest BCUT2D eigenvalue weighted by Crippen LogP contribution is -2.43. The molecule has 1 saturated heterocycles. The van der Waals surface area contributed by atoms with Gasteiger partial charge in [0.05, 0.1) is 0 Å². The van der Waals surface area contributed by atoms with Crippen LogP contribution in [0.25, 0.3) is 0 Å². The van der Waals surface area contributed by atoms with E-state index in [9.17, 15) is 4.79 Å². The first-order valence-corrected chi connectivity index (χ1v) is 5.67. The molecule has 1 aliphatic rings. The zero-order valence-electron chi connectivity index (χ0n) is 9.62. The minimum absolute atomic E-state index is 0.312. The van der Waals surface area contributed by atoms with Crippen LogP contribution in [0.5, 0.6) is 0 Å². The van der Waals surface area contributed by atoms with E-state index < -0.39 is 0 Å². The first-order chi connectivity index (χ1) is 6.69. The maximum absolute atomic E-state index is 11.7. The normalized spacial score (nSPS) is 24.8. The van der Waals surface area contributed by atoms with Crippen LogP contribution in [0, 0.1) is 0 Å². The summed E-state index contributed by atoms with van der Waals surface area (Å²) in [6.07, 6.45) is 2.81. The smallest absolute Gasteiger partial charge is 0.222 e. The van der Waals surface area contributed by atoms with Gasteiger partial charge < -0.3 is 9.80 Å². The van der Waals surface area contributed by atoms with E-state index in [4.69, 9.17) is 0 Å². The van der Waals surface area contributed by atoms with E-state index in [2.05, 4.69) is 23.8 Å². The number of amides is 1. The van der Waals surface area contributed by atoms with Crippen LogP contribution in [0.15, 0.2) is 0 Å². The molecule has 14 heavy (non-hydrogen) atoms. The summed E-state index contributed by atoms with van der Waals surface area (Å²) >= 11 is 0. The van der Waals surface area contributed by atoms with Crippen molar-refractivity contribution in [3.63, 3.8) is 0 Å². The summed E-state index contributed by atoms with van der Waals surface area (Å²) < 4.78 is 0. The maximum atomic E-state index is 11.7. The molecule has 1 heterocycles. The van der Waals surface area contributed by atoms with Crippen LogP contribution in [0.2, 0.25) is 0 Å². The van der Waals surface area contributed by atoms with Gasteiger partial charge in [-0.1, -0.05) is 13.8 Å². The van der Waals surface area contributed by atoms with E-state index in [1.165, 1.54) is 0 Å². The molecule has 3 nitrogen and oxygen atoms in total. The van der Waals surface area contributed by atoms with Gasteiger partial charge in [0.1, 0.15) is 0 Å². The Balaban J connectivity index is 2.65. The first kappa shape index (κ1) is 11.5. The number of nitrogens with zero attached hydrogens (tertiary/aromatic N) is 2. The largest absolute Gasteiger partial charge is 0.338 e. The minimum Gasteiger partial charge on any atom is -0.338 e. The fraction of sp³-hybridized carbons (Fsp3) is 0.909. The lowest BCUT2D eigenvalue weighted by molar-refractivity contribution is -0.133. The Morgan fingerprint density at radius 3 is 2.64 bits per heavy atom. The molecule has 82 valence electrons. The Morgan fingerprint density at radius 2 is 2.07 bits per heavy atom. The number of carbonyl (C=O) groups excluding carboxylic acids is 1. The van der Waals surface area contributed by atoms with Gasteiger partial charge in [-0.2, -0.15) is 0 Å². The Hall–Kier alpha value is -0.570. The van der Waals surface area contributed by atoms with Crippen LogP contribution < -0.4 is 0 Å². The molecule has 1 atom stereocenters. The Labute approximate surface area is 87.1 Å². The van der Waals surface area contributed by atoms with E-state index in [1.54, 1.807) is 0 Å². The van der Waals surface area contributed by atoms with Crippen molar-refractivity contribution in [3.05, 3.63) is 0 Å². The predicted molar refractivity (Wildman–Crippen MR) is 58.2 cm³/mol. The van der Waals surface area contributed by atoms with Gasteiger partial charge >= 0.3 is 0 Å². The van der Waals surface area contributed by atoms with Crippen LogP contribution in [0.1, 0.15) is 33.1 Å². The summed E-state index contributed by atoms with van der Waals surface area (Å²) in [6, 6.07) is 0.426. The summed E-state index contributed by atoms with van der Waals surface area (Å²) in [5.41, 5.74) is 0. The highest BCUT2D eigenvalue weighted by Crippen LogP contribution is 2.12. The summed E-state index contributed by atoms with van der Waals surface area (Å²) in [5, 5.41) is 0. The van der Waals surface area contributed by atoms with Crippen molar-refractivity contribution in [3.8, 4) is 0 Å². The molecule has 0 aromatic heterocycles. The third kappa shape index (κ3) is 2.71. The average Bonchev–Trinajstić information content (AvgIpc) is 2.38. The summed E-state index contributed by atoms with van der Waals surface area (Å²) in [5.74, 6) is 0.312. The number of hydrogen-bond acceptors (Lipinski definition) is 2. The average molecular weight is 198 g/mol. The molecule has 1 rings (SSSR count). The van der Waals surface area contributed by atoms with Crippen LogP contribution in [0.3, 0.4) is 0 Å². The Bertz CT molecular complexity index is 194. The van der Waals surface area contributed by atoms with E-state index in [1.807, 2.05) is 6.92 Å². The Kier molecular flexibility index (Phi) is 4.39. The third-order valence-electron chi connectivity index (χ3n) is 3.00. The molecule has 0 saturated carbocycles. The monoisotopic (exact) mass is 198 g/mol. The molecule has 0 spiro atoms. The molecule has 3 heteroatoms. The van der Waals surface area contributed by atoms with Gasteiger partial charge in [-0.25, -0.2) is 0 Å². The zero-order valence-corrected chi connectivity index (χ0v) is 9.62. The molecule has 0 N–H and O–H groups in total.